The van der Waals surface area contributed by atoms with Crippen molar-refractivity contribution in [3.63, 3.8) is 0 Å². The highest BCUT2D eigenvalue weighted by atomic mass is 16.5. The Balaban J connectivity index is 1.88. The molecule has 1 aliphatic heterocycles. The zero-order valence-corrected chi connectivity index (χ0v) is 20.0. The number of anilines is 1. The molecular weight excluding hydrogens is 446 g/mol. The van der Waals surface area contributed by atoms with Crippen molar-refractivity contribution in [1.82, 2.24) is 0 Å². The third-order valence-electron chi connectivity index (χ3n) is 5.71. The van der Waals surface area contributed by atoms with Gasteiger partial charge in [0.15, 0.2) is 0 Å². The van der Waals surface area contributed by atoms with E-state index in [4.69, 9.17) is 14.2 Å². The van der Waals surface area contributed by atoms with Crippen LogP contribution >= 0.6 is 0 Å². The summed E-state index contributed by atoms with van der Waals surface area (Å²) < 4.78 is 16.4. The van der Waals surface area contributed by atoms with E-state index >= 15 is 0 Å². The molecule has 0 radical (unpaired) electrons. The monoisotopic (exact) mass is 473 g/mol. The Morgan fingerprint density at radius 3 is 2.14 bits per heavy atom. The van der Waals surface area contributed by atoms with Gasteiger partial charge in [0.1, 0.15) is 23.0 Å². The van der Waals surface area contributed by atoms with Crippen LogP contribution in [0.1, 0.15) is 31.0 Å². The fourth-order valence-corrected chi connectivity index (χ4v) is 4.15. The van der Waals surface area contributed by atoms with Crippen LogP contribution in [0.2, 0.25) is 0 Å². The molecule has 7 nitrogen and oxygen atoms in total. The molecule has 3 aromatic carbocycles. The van der Waals surface area contributed by atoms with Crippen molar-refractivity contribution in [3.8, 4) is 17.2 Å². The lowest BCUT2D eigenvalue weighted by molar-refractivity contribution is -0.132. The van der Waals surface area contributed by atoms with Crippen LogP contribution < -0.4 is 19.1 Å². The Bertz CT molecular complexity index is 1260. The van der Waals surface area contributed by atoms with Crippen LogP contribution in [0.5, 0.6) is 17.2 Å². The largest absolute Gasteiger partial charge is 0.507 e. The fraction of sp³-hybridized carbons (Fsp3) is 0.214. The number of benzene rings is 3. The first kappa shape index (κ1) is 23.9. The second kappa shape index (κ2) is 9.93. The molecule has 35 heavy (non-hydrogen) atoms. The average molecular weight is 474 g/mol. The van der Waals surface area contributed by atoms with E-state index in [1.165, 1.54) is 19.1 Å². The van der Waals surface area contributed by atoms with Crippen molar-refractivity contribution in [3.05, 3.63) is 89.5 Å². The highest BCUT2D eigenvalue weighted by Crippen LogP contribution is 2.43. The fourth-order valence-electron chi connectivity index (χ4n) is 4.15. The summed E-state index contributed by atoms with van der Waals surface area (Å²) in [6.45, 7) is 3.85. The van der Waals surface area contributed by atoms with E-state index in [0.29, 0.717) is 28.5 Å². The van der Waals surface area contributed by atoms with Gasteiger partial charge in [-0.15, -0.1) is 0 Å². The molecule has 0 spiro atoms. The van der Waals surface area contributed by atoms with Crippen molar-refractivity contribution < 1.29 is 28.9 Å². The van der Waals surface area contributed by atoms with Gasteiger partial charge in [-0.1, -0.05) is 30.3 Å². The van der Waals surface area contributed by atoms with Crippen LogP contribution in [-0.4, -0.2) is 37.1 Å². The Morgan fingerprint density at radius 2 is 1.54 bits per heavy atom. The number of carbonyl (C=O) groups is 2. The molecule has 1 amide bonds. The molecule has 0 bridgehead atoms. The lowest BCUT2D eigenvalue weighted by Gasteiger charge is -2.26. The van der Waals surface area contributed by atoms with Gasteiger partial charge in [-0.05, 0) is 55.8 Å². The number of hydrogen-bond donors (Lipinski definition) is 1. The molecular formula is C28H27NO6. The van der Waals surface area contributed by atoms with Gasteiger partial charge >= 0.3 is 0 Å². The Morgan fingerprint density at radius 1 is 0.886 bits per heavy atom. The van der Waals surface area contributed by atoms with E-state index in [2.05, 4.69) is 0 Å². The van der Waals surface area contributed by atoms with Crippen LogP contribution in [0.4, 0.5) is 5.69 Å². The number of aliphatic hydroxyl groups excluding tert-OH is 1. The number of ether oxygens (including phenoxy) is 3. The molecule has 0 saturated carbocycles. The first-order valence-corrected chi connectivity index (χ1v) is 11.2. The lowest BCUT2D eigenvalue weighted by atomic mass is 9.95. The average Bonchev–Trinajstić information content (AvgIpc) is 3.14. The predicted molar refractivity (Wildman–Crippen MR) is 133 cm³/mol. The summed E-state index contributed by atoms with van der Waals surface area (Å²) in [5.41, 5.74) is 1.46. The highest BCUT2D eigenvalue weighted by molar-refractivity contribution is 6.51. The highest BCUT2D eigenvalue weighted by Gasteiger charge is 2.47. The van der Waals surface area contributed by atoms with Crippen molar-refractivity contribution in [2.45, 2.75) is 26.0 Å². The standard InChI is InChI=1S/C28H27NO6/c1-17(2)35-20-12-10-19(11-13-20)29-25(18-8-6-5-7-9-18)24(27(31)28(29)32)26(30)22-15-14-21(33-3)16-23(22)34-4/h5-17,25,30H,1-4H3/b26-24-. The number of aliphatic hydroxyl groups is 1. The molecule has 0 aromatic heterocycles. The molecule has 1 unspecified atom stereocenters. The Hall–Kier alpha value is -4.26. The van der Waals surface area contributed by atoms with Crippen LogP contribution in [0.15, 0.2) is 78.4 Å². The molecule has 1 fully saturated rings. The van der Waals surface area contributed by atoms with Crippen LogP contribution in [-0.2, 0) is 9.59 Å². The van der Waals surface area contributed by atoms with Crippen molar-refractivity contribution in [1.29, 1.82) is 0 Å². The molecule has 1 aliphatic rings. The van der Waals surface area contributed by atoms with Gasteiger partial charge in [-0.2, -0.15) is 0 Å². The second-order valence-corrected chi connectivity index (χ2v) is 8.31. The topological polar surface area (TPSA) is 85.3 Å². The summed E-state index contributed by atoms with van der Waals surface area (Å²) in [4.78, 5) is 28.0. The number of carbonyl (C=O) groups excluding carboxylic acids is 2. The molecule has 4 rings (SSSR count). The van der Waals surface area contributed by atoms with Crippen molar-refractivity contribution in [2.75, 3.05) is 19.1 Å². The second-order valence-electron chi connectivity index (χ2n) is 8.31. The van der Waals surface area contributed by atoms with E-state index in [9.17, 15) is 14.7 Å². The van der Waals surface area contributed by atoms with Gasteiger partial charge in [0.05, 0.1) is 37.5 Å². The smallest absolute Gasteiger partial charge is 0.300 e. The summed E-state index contributed by atoms with van der Waals surface area (Å²) in [6.07, 6.45) is -0.00104. The zero-order chi connectivity index (χ0) is 25.1. The zero-order valence-electron chi connectivity index (χ0n) is 20.0. The summed E-state index contributed by atoms with van der Waals surface area (Å²) >= 11 is 0. The van der Waals surface area contributed by atoms with E-state index in [1.807, 2.05) is 44.2 Å². The van der Waals surface area contributed by atoms with Gasteiger partial charge in [0, 0.05) is 11.8 Å². The number of methoxy groups -OCH3 is 2. The van der Waals surface area contributed by atoms with Gasteiger partial charge in [0.2, 0.25) is 0 Å². The SMILES string of the molecule is COc1ccc(/C(O)=C2/C(=O)C(=O)N(c3ccc(OC(C)C)cc3)C2c2ccccc2)c(OC)c1. The van der Waals surface area contributed by atoms with E-state index in [0.717, 1.165) is 0 Å². The van der Waals surface area contributed by atoms with Gasteiger partial charge in [-0.3, -0.25) is 14.5 Å². The Kier molecular flexibility index (Phi) is 6.78. The third-order valence-corrected chi connectivity index (χ3v) is 5.71. The number of hydrogen-bond acceptors (Lipinski definition) is 6. The summed E-state index contributed by atoms with van der Waals surface area (Å²) in [7, 11) is 2.98. The predicted octanol–water partition coefficient (Wildman–Crippen LogP) is 5.12. The summed E-state index contributed by atoms with van der Waals surface area (Å²) in [5.74, 6) is -0.335. The van der Waals surface area contributed by atoms with Crippen LogP contribution in [0, 0.1) is 0 Å². The molecule has 1 heterocycles. The number of rotatable bonds is 7. The van der Waals surface area contributed by atoms with Crippen molar-refractivity contribution >= 4 is 23.1 Å². The molecule has 1 atom stereocenters. The van der Waals surface area contributed by atoms with E-state index in [1.54, 1.807) is 42.5 Å². The van der Waals surface area contributed by atoms with Gasteiger partial charge in [0.25, 0.3) is 11.7 Å². The molecule has 1 saturated heterocycles. The number of ketones is 1. The quantitative estimate of drug-likeness (QED) is 0.291. The van der Waals surface area contributed by atoms with E-state index in [-0.39, 0.29) is 23.0 Å². The summed E-state index contributed by atoms with van der Waals surface area (Å²) in [6, 6.07) is 20.1. The maximum atomic E-state index is 13.3. The van der Waals surface area contributed by atoms with Gasteiger partial charge < -0.3 is 19.3 Å². The molecule has 0 aliphatic carbocycles. The molecule has 7 heteroatoms. The number of amides is 1. The molecule has 1 N–H and O–H groups in total. The third kappa shape index (κ3) is 4.57. The van der Waals surface area contributed by atoms with Crippen molar-refractivity contribution in [2.24, 2.45) is 0 Å². The maximum Gasteiger partial charge on any atom is 0.300 e. The maximum absolute atomic E-state index is 13.3. The number of Topliss-reactive ketones (excluding diaryl/α,β-unsaturated/α-hetero) is 1. The Labute approximate surface area is 204 Å². The number of nitrogens with zero attached hydrogens (tertiary/aromatic N) is 1. The summed E-state index contributed by atoms with van der Waals surface area (Å²) in [5, 5.41) is 11.4. The minimum Gasteiger partial charge on any atom is -0.507 e. The first-order valence-electron chi connectivity index (χ1n) is 11.2. The van der Waals surface area contributed by atoms with Crippen LogP contribution in [0.25, 0.3) is 5.76 Å². The lowest BCUT2D eigenvalue weighted by Crippen LogP contribution is -2.29. The minimum absolute atomic E-state index is 0.00104. The first-order chi connectivity index (χ1) is 16.8. The molecule has 3 aromatic rings. The van der Waals surface area contributed by atoms with Gasteiger partial charge in [-0.25, -0.2) is 0 Å². The molecule has 180 valence electrons. The van der Waals surface area contributed by atoms with Crippen LogP contribution in [0.3, 0.4) is 0 Å². The normalized spacial score (nSPS) is 17.1. The minimum atomic E-state index is -0.833. The van der Waals surface area contributed by atoms with E-state index < -0.39 is 17.7 Å².